The molecule has 2 atom stereocenters. The zero-order valence-electron chi connectivity index (χ0n) is 11.3. The summed E-state index contributed by atoms with van der Waals surface area (Å²) >= 11 is 1.67. The van der Waals surface area contributed by atoms with E-state index in [-0.39, 0.29) is 18.4 Å². The quantitative estimate of drug-likeness (QED) is 0.851. The SMILES string of the molecule is Cc1cc(C(=O)CN2CCC(C)C2CO)c(C)s1. The van der Waals surface area contributed by atoms with Crippen molar-refractivity contribution in [1.82, 2.24) is 4.90 Å². The van der Waals surface area contributed by atoms with Crippen molar-refractivity contribution in [2.75, 3.05) is 19.7 Å². The Morgan fingerprint density at radius 1 is 1.56 bits per heavy atom. The van der Waals surface area contributed by atoms with Crippen LogP contribution >= 0.6 is 11.3 Å². The van der Waals surface area contributed by atoms with Crippen LogP contribution in [0, 0.1) is 19.8 Å². The van der Waals surface area contributed by atoms with Gasteiger partial charge in [0.25, 0.3) is 0 Å². The molecule has 0 amide bonds. The van der Waals surface area contributed by atoms with Gasteiger partial charge in [0, 0.05) is 21.4 Å². The van der Waals surface area contributed by atoms with Gasteiger partial charge in [-0.25, -0.2) is 0 Å². The van der Waals surface area contributed by atoms with E-state index in [1.807, 2.05) is 19.9 Å². The fourth-order valence-corrected chi connectivity index (χ4v) is 3.70. The Balaban J connectivity index is 2.06. The minimum Gasteiger partial charge on any atom is -0.395 e. The molecule has 2 heterocycles. The summed E-state index contributed by atoms with van der Waals surface area (Å²) in [5.41, 5.74) is 0.855. The van der Waals surface area contributed by atoms with E-state index in [0.717, 1.165) is 23.4 Å². The number of Topliss-reactive ketones (excluding diaryl/α,β-unsaturated/α-hetero) is 1. The molecule has 1 N–H and O–H groups in total. The number of likely N-dealkylation sites (tertiary alicyclic amines) is 1. The molecule has 0 aliphatic carbocycles. The number of rotatable bonds is 4. The predicted octanol–water partition coefficient (Wildman–Crippen LogP) is 2.25. The molecule has 1 aliphatic heterocycles. The summed E-state index contributed by atoms with van der Waals surface area (Å²) in [6, 6.07) is 2.13. The molecule has 0 aromatic carbocycles. The first-order chi connectivity index (χ1) is 8.52. The van der Waals surface area contributed by atoms with Crippen molar-refractivity contribution in [3.05, 3.63) is 21.4 Å². The van der Waals surface area contributed by atoms with Crippen LogP contribution in [0.4, 0.5) is 0 Å². The maximum atomic E-state index is 12.3. The van der Waals surface area contributed by atoms with Gasteiger partial charge in [0.2, 0.25) is 0 Å². The second kappa shape index (κ2) is 5.51. The summed E-state index contributed by atoms with van der Waals surface area (Å²) in [5, 5.41) is 9.40. The summed E-state index contributed by atoms with van der Waals surface area (Å²) in [6.07, 6.45) is 1.07. The summed E-state index contributed by atoms with van der Waals surface area (Å²) in [6.45, 7) is 7.68. The molecule has 100 valence electrons. The number of carbonyl (C=O) groups excluding carboxylic acids is 1. The average molecular weight is 267 g/mol. The van der Waals surface area contributed by atoms with Crippen molar-refractivity contribution in [3.63, 3.8) is 0 Å². The largest absolute Gasteiger partial charge is 0.395 e. The molecule has 1 aromatic rings. The van der Waals surface area contributed by atoms with Crippen molar-refractivity contribution in [3.8, 4) is 0 Å². The van der Waals surface area contributed by atoms with Crippen LogP contribution in [-0.4, -0.2) is 41.5 Å². The van der Waals surface area contributed by atoms with Gasteiger partial charge in [0.1, 0.15) is 0 Å². The van der Waals surface area contributed by atoms with Gasteiger partial charge in [0.15, 0.2) is 5.78 Å². The number of carbonyl (C=O) groups is 1. The molecule has 1 fully saturated rings. The smallest absolute Gasteiger partial charge is 0.177 e. The molecular weight excluding hydrogens is 246 g/mol. The molecule has 4 heteroatoms. The van der Waals surface area contributed by atoms with E-state index in [9.17, 15) is 9.90 Å². The highest BCUT2D eigenvalue weighted by Gasteiger charge is 2.32. The number of aliphatic hydroxyl groups is 1. The van der Waals surface area contributed by atoms with Crippen molar-refractivity contribution in [1.29, 1.82) is 0 Å². The van der Waals surface area contributed by atoms with Crippen LogP contribution in [0.1, 0.15) is 33.5 Å². The Morgan fingerprint density at radius 3 is 2.83 bits per heavy atom. The first-order valence-electron chi connectivity index (χ1n) is 6.48. The van der Waals surface area contributed by atoms with Gasteiger partial charge >= 0.3 is 0 Å². The number of ketones is 1. The average Bonchev–Trinajstić information content (AvgIpc) is 2.82. The van der Waals surface area contributed by atoms with Crippen LogP contribution in [0.25, 0.3) is 0 Å². The van der Waals surface area contributed by atoms with Crippen LogP contribution in [0.15, 0.2) is 6.07 Å². The first-order valence-corrected chi connectivity index (χ1v) is 7.29. The van der Waals surface area contributed by atoms with Crippen LogP contribution in [0.2, 0.25) is 0 Å². The highest BCUT2D eigenvalue weighted by atomic mass is 32.1. The van der Waals surface area contributed by atoms with Crippen LogP contribution in [0.5, 0.6) is 0 Å². The number of hydrogen-bond acceptors (Lipinski definition) is 4. The number of aliphatic hydroxyl groups excluding tert-OH is 1. The van der Waals surface area contributed by atoms with Gasteiger partial charge in [-0.1, -0.05) is 6.92 Å². The third-order valence-corrected chi connectivity index (χ3v) is 4.84. The van der Waals surface area contributed by atoms with Gasteiger partial charge in [-0.3, -0.25) is 9.69 Å². The Labute approximate surface area is 112 Å². The number of thiophene rings is 1. The fraction of sp³-hybridized carbons (Fsp3) is 0.643. The highest BCUT2D eigenvalue weighted by Crippen LogP contribution is 2.25. The van der Waals surface area contributed by atoms with Crippen molar-refractivity contribution < 1.29 is 9.90 Å². The maximum absolute atomic E-state index is 12.3. The second-order valence-electron chi connectivity index (χ2n) is 5.24. The van der Waals surface area contributed by atoms with E-state index >= 15 is 0 Å². The van der Waals surface area contributed by atoms with Crippen molar-refractivity contribution >= 4 is 17.1 Å². The molecule has 1 aliphatic rings. The minimum absolute atomic E-state index is 0.147. The normalized spacial score (nSPS) is 24.7. The van der Waals surface area contributed by atoms with E-state index in [4.69, 9.17) is 0 Å². The lowest BCUT2D eigenvalue weighted by molar-refractivity contribution is 0.0866. The van der Waals surface area contributed by atoms with E-state index in [1.54, 1.807) is 11.3 Å². The zero-order chi connectivity index (χ0) is 13.3. The van der Waals surface area contributed by atoms with E-state index in [2.05, 4.69) is 11.8 Å². The standard InChI is InChI=1S/C14H21NO2S/c1-9-4-5-15(13(9)8-16)7-14(17)12-6-10(2)18-11(12)3/h6,9,13,16H,4-5,7-8H2,1-3H3. The number of hydrogen-bond donors (Lipinski definition) is 1. The van der Waals surface area contributed by atoms with Gasteiger partial charge in [-0.2, -0.15) is 0 Å². The molecule has 2 unspecified atom stereocenters. The molecule has 1 aromatic heterocycles. The molecular formula is C14H21NO2S. The van der Waals surface area contributed by atoms with E-state index < -0.39 is 0 Å². The molecule has 0 bridgehead atoms. The third kappa shape index (κ3) is 2.66. The van der Waals surface area contributed by atoms with Crippen molar-refractivity contribution in [2.45, 2.75) is 33.2 Å². The molecule has 1 saturated heterocycles. The number of aryl methyl sites for hydroxylation is 2. The summed E-state index contributed by atoms with van der Waals surface area (Å²) < 4.78 is 0. The summed E-state index contributed by atoms with van der Waals surface area (Å²) in [5.74, 6) is 0.664. The summed E-state index contributed by atoms with van der Waals surface area (Å²) in [4.78, 5) is 16.7. The molecule has 0 saturated carbocycles. The van der Waals surface area contributed by atoms with Gasteiger partial charge in [-0.05, 0) is 38.8 Å². The lowest BCUT2D eigenvalue weighted by Crippen LogP contribution is -2.38. The van der Waals surface area contributed by atoms with Crippen LogP contribution in [-0.2, 0) is 0 Å². The molecule has 0 spiro atoms. The Morgan fingerprint density at radius 2 is 2.28 bits per heavy atom. The minimum atomic E-state index is 0.147. The zero-order valence-corrected chi connectivity index (χ0v) is 12.1. The van der Waals surface area contributed by atoms with E-state index in [0.29, 0.717) is 12.5 Å². The van der Waals surface area contributed by atoms with Gasteiger partial charge in [-0.15, -0.1) is 11.3 Å². The molecule has 2 rings (SSSR count). The second-order valence-corrected chi connectivity index (χ2v) is 6.70. The first kappa shape index (κ1) is 13.7. The van der Waals surface area contributed by atoms with Gasteiger partial charge in [0.05, 0.1) is 13.2 Å². The topological polar surface area (TPSA) is 40.5 Å². The van der Waals surface area contributed by atoms with E-state index in [1.165, 1.54) is 4.88 Å². The Kier molecular flexibility index (Phi) is 4.20. The lowest BCUT2D eigenvalue weighted by atomic mass is 10.0. The third-order valence-electron chi connectivity index (χ3n) is 3.87. The molecule has 0 radical (unpaired) electrons. The molecule has 3 nitrogen and oxygen atoms in total. The summed E-state index contributed by atoms with van der Waals surface area (Å²) in [7, 11) is 0. The fourth-order valence-electron chi connectivity index (χ4n) is 2.76. The van der Waals surface area contributed by atoms with Gasteiger partial charge < -0.3 is 5.11 Å². The highest BCUT2D eigenvalue weighted by molar-refractivity contribution is 7.12. The maximum Gasteiger partial charge on any atom is 0.177 e. The molecule has 18 heavy (non-hydrogen) atoms. The van der Waals surface area contributed by atoms with Crippen LogP contribution in [0.3, 0.4) is 0 Å². The Bertz CT molecular complexity index is 441. The predicted molar refractivity (Wildman–Crippen MR) is 74.4 cm³/mol. The Hall–Kier alpha value is -0.710. The van der Waals surface area contributed by atoms with Crippen molar-refractivity contribution in [2.24, 2.45) is 5.92 Å². The monoisotopic (exact) mass is 267 g/mol. The number of nitrogens with zero attached hydrogens (tertiary/aromatic N) is 1. The van der Waals surface area contributed by atoms with Crippen LogP contribution < -0.4 is 0 Å². The lowest BCUT2D eigenvalue weighted by Gasteiger charge is -2.24.